The second-order valence-electron chi connectivity index (χ2n) is 6.09. The molecule has 0 aliphatic heterocycles. The van der Waals surface area contributed by atoms with E-state index >= 15 is 0 Å². The molecule has 1 aliphatic carbocycles. The highest BCUT2D eigenvalue weighted by atomic mass is 17.2. The molecule has 0 unspecified atom stereocenters. The summed E-state index contributed by atoms with van der Waals surface area (Å²) in [5.74, 6) is 0. The average molecular weight is 336 g/mol. The van der Waals surface area contributed by atoms with Crippen LogP contribution in [0.5, 0.6) is 0 Å². The van der Waals surface area contributed by atoms with Gasteiger partial charge >= 0.3 is 0 Å². The number of nitrogens with one attached hydrogen (secondary N) is 1. The summed E-state index contributed by atoms with van der Waals surface area (Å²) in [5, 5.41) is 1.06. The fraction of sp³-hybridized carbons (Fsp3) is 0.250. The number of allylic oxidation sites excluding steroid dienone is 3. The number of hydrogen-bond acceptors (Lipinski definition) is 3. The molecule has 2 heterocycles. The van der Waals surface area contributed by atoms with Gasteiger partial charge in [-0.25, -0.2) is 9.78 Å². The van der Waals surface area contributed by atoms with E-state index in [0.717, 1.165) is 46.0 Å². The number of rotatable bonds is 5. The Bertz CT molecular complexity index is 1040. The van der Waals surface area contributed by atoms with Crippen molar-refractivity contribution in [3.05, 3.63) is 64.5 Å². The Kier molecular flexibility index (Phi) is 4.26. The molecule has 0 saturated carbocycles. The van der Waals surface area contributed by atoms with E-state index in [2.05, 4.69) is 4.98 Å². The minimum Gasteiger partial charge on any atom is -0.353 e. The standard InChI is InChI=1S/C20H20N2O3/c1-2-24-25-13-14-7-9-15(10-8-14)22-19(23)12-11-18-20(22)16-5-3-4-6-17(16)21-18/h3-7,9,11-12,21H,2,8,10,13H2,1H3. The monoisotopic (exact) mass is 336 g/mol. The van der Waals surface area contributed by atoms with Gasteiger partial charge in [0.2, 0.25) is 0 Å². The number of pyridine rings is 1. The maximum atomic E-state index is 12.6. The number of aromatic nitrogens is 2. The van der Waals surface area contributed by atoms with E-state index in [1.54, 1.807) is 6.07 Å². The van der Waals surface area contributed by atoms with Crippen LogP contribution < -0.4 is 5.56 Å². The first-order chi connectivity index (χ1) is 12.3. The van der Waals surface area contributed by atoms with Crippen molar-refractivity contribution in [3.63, 3.8) is 0 Å². The molecule has 5 nitrogen and oxygen atoms in total. The van der Waals surface area contributed by atoms with Crippen LogP contribution in [0, 0.1) is 0 Å². The lowest BCUT2D eigenvalue weighted by Crippen LogP contribution is -2.19. The van der Waals surface area contributed by atoms with Gasteiger partial charge in [-0.1, -0.05) is 24.3 Å². The fourth-order valence-corrected chi connectivity index (χ4v) is 3.31. The molecule has 128 valence electrons. The van der Waals surface area contributed by atoms with Crippen LogP contribution in [0.25, 0.3) is 27.6 Å². The molecule has 4 rings (SSSR count). The summed E-state index contributed by atoms with van der Waals surface area (Å²) in [6, 6.07) is 11.5. The molecule has 1 N–H and O–H groups in total. The molecule has 5 heteroatoms. The van der Waals surface area contributed by atoms with Crippen LogP contribution in [0.3, 0.4) is 0 Å². The molecule has 3 aromatic rings. The Balaban J connectivity index is 1.79. The zero-order valence-corrected chi connectivity index (χ0v) is 14.1. The maximum Gasteiger partial charge on any atom is 0.255 e. The molecule has 0 amide bonds. The largest absolute Gasteiger partial charge is 0.353 e. The minimum atomic E-state index is -0.00841. The van der Waals surface area contributed by atoms with Gasteiger partial charge in [0, 0.05) is 22.7 Å². The summed E-state index contributed by atoms with van der Waals surface area (Å²) < 4.78 is 1.82. The normalized spacial score (nSPS) is 14.8. The van der Waals surface area contributed by atoms with Crippen LogP contribution in [0.2, 0.25) is 0 Å². The first-order valence-corrected chi connectivity index (χ1v) is 8.54. The molecular weight excluding hydrogens is 316 g/mol. The summed E-state index contributed by atoms with van der Waals surface area (Å²) in [5.41, 5.74) is 5.10. The van der Waals surface area contributed by atoms with Crippen molar-refractivity contribution in [3.8, 4) is 0 Å². The van der Waals surface area contributed by atoms with Gasteiger partial charge in [-0.3, -0.25) is 9.36 Å². The van der Waals surface area contributed by atoms with Gasteiger partial charge in [0.25, 0.3) is 5.56 Å². The van der Waals surface area contributed by atoms with Gasteiger partial charge in [0.05, 0.1) is 17.6 Å². The van der Waals surface area contributed by atoms with E-state index in [-0.39, 0.29) is 5.56 Å². The van der Waals surface area contributed by atoms with E-state index in [1.807, 2.05) is 54.0 Å². The van der Waals surface area contributed by atoms with Crippen molar-refractivity contribution in [2.24, 2.45) is 0 Å². The number of hydrogen-bond donors (Lipinski definition) is 1. The van der Waals surface area contributed by atoms with Gasteiger partial charge < -0.3 is 4.98 Å². The van der Waals surface area contributed by atoms with Crippen molar-refractivity contribution in [1.82, 2.24) is 9.55 Å². The Morgan fingerprint density at radius 2 is 1.92 bits per heavy atom. The second kappa shape index (κ2) is 6.70. The number of H-pyrrole nitrogens is 1. The molecule has 0 bridgehead atoms. The molecule has 25 heavy (non-hydrogen) atoms. The zero-order valence-electron chi connectivity index (χ0n) is 14.1. The number of aromatic amines is 1. The molecule has 1 aromatic carbocycles. The van der Waals surface area contributed by atoms with Crippen LogP contribution in [0.1, 0.15) is 19.8 Å². The van der Waals surface area contributed by atoms with E-state index in [9.17, 15) is 4.79 Å². The quantitative estimate of drug-likeness (QED) is 0.435. The molecule has 0 saturated heterocycles. The number of para-hydroxylation sites is 1. The number of benzene rings is 1. The molecule has 0 radical (unpaired) electrons. The molecule has 0 atom stereocenters. The lowest BCUT2D eigenvalue weighted by atomic mass is 10.0. The Morgan fingerprint density at radius 1 is 1.04 bits per heavy atom. The Morgan fingerprint density at radius 3 is 2.72 bits per heavy atom. The minimum absolute atomic E-state index is 0.00841. The molecular formula is C20H20N2O3. The topological polar surface area (TPSA) is 56.2 Å². The average Bonchev–Trinajstić information content (AvgIpc) is 3.01. The van der Waals surface area contributed by atoms with Crippen LogP contribution >= 0.6 is 0 Å². The predicted molar refractivity (Wildman–Crippen MR) is 99.2 cm³/mol. The third kappa shape index (κ3) is 2.92. The molecule has 0 fully saturated rings. The molecule has 1 aliphatic rings. The van der Waals surface area contributed by atoms with Gasteiger partial charge in [-0.15, -0.1) is 0 Å². The lowest BCUT2D eigenvalue weighted by Gasteiger charge is -2.17. The predicted octanol–water partition coefficient (Wildman–Crippen LogP) is 4.01. The lowest BCUT2D eigenvalue weighted by molar-refractivity contribution is -0.284. The zero-order chi connectivity index (χ0) is 17.2. The third-order valence-corrected chi connectivity index (χ3v) is 4.49. The van der Waals surface area contributed by atoms with Crippen molar-refractivity contribution < 1.29 is 9.78 Å². The van der Waals surface area contributed by atoms with Crippen molar-refractivity contribution in [1.29, 1.82) is 0 Å². The summed E-state index contributed by atoms with van der Waals surface area (Å²) in [6.45, 7) is 2.89. The fourth-order valence-electron chi connectivity index (χ4n) is 3.31. The number of nitrogens with zero attached hydrogens (tertiary/aromatic N) is 1. The van der Waals surface area contributed by atoms with Crippen LogP contribution in [0.4, 0.5) is 0 Å². The summed E-state index contributed by atoms with van der Waals surface area (Å²) in [6.07, 6.45) is 5.68. The van der Waals surface area contributed by atoms with E-state index < -0.39 is 0 Å². The van der Waals surface area contributed by atoms with Crippen LogP contribution in [0.15, 0.2) is 58.9 Å². The van der Waals surface area contributed by atoms with E-state index in [4.69, 9.17) is 9.78 Å². The van der Waals surface area contributed by atoms with Crippen LogP contribution in [-0.4, -0.2) is 22.8 Å². The number of fused-ring (bicyclic) bond motifs is 3. The Labute approximate surface area is 145 Å². The van der Waals surface area contributed by atoms with Gasteiger partial charge in [-0.05, 0) is 43.5 Å². The van der Waals surface area contributed by atoms with Crippen LogP contribution in [-0.2, 0) is 9.78 Å². The highest BCUT2D eigenvalue weighted by Crippen LogP contribution is 2.29. The van der Waals surface area contributed by atoms with Crippen molar-refractivity contribution in [2.45, 2.75) is 19.8 Å². The molecule has 0 spiro atoms. The first-order valence-electron chi connectivity index (χ1n) is 8.54. The highest BCUT2D eigenvalue weighted by Gasteiger charge is 2.15. The summed E-state index contributed by atoms with van der Waals surface area (Å²) >= 11 is 0. The highest BCUT2D eigenvalue weighted by molar-refractivity contribution is 6.06. The van der Waals surface area contributed by atoms with Gasteiger partial charge in [-0.2, -0.15) is 0 Å². The SMILES string of the molecule is CCOOCC1=CC=C(n2c(=O)ccc3[nH]c4ccccc4c32)CC1. The van der Waals surface area contributed by atoms with Crippen molar-refractivity contribution >= 4 is 27.6 Å². The van der Waals surface area contributed by atoms with Gasteiger partial charge in [0.1, 0.15) is 6.61 Å². The Hall–Kier alpha value is -2.63. The third-order valence-electron chi connectivity index (χ3n) is 4.49. The van der Waals surface area contributed by atoms with E-state index in [0.29, 0.717) is 13.2 Å². The second-order valence-corrected chi connectivity index (χ2v) is 6.09. The summed E-state index contributed by atoms with van der Waals surface area (Å²) in [4.78, 5) is 26.1. The first kappa shape index (κ1) is 15.9. The van der Waals surface area contributed by atoms with Crippen molar-refractivity contribution in [2.75, 3.05) is 13.2 Å². The smallest absolute Gasteiger partial charge is 0.255 e. The van der Waals surface area contributed by atoms with E-state index in [1.165, 1.54) is 0 Å². The summed E-state index contributed by atoms with van der Waals surface area (Å²) in [7, 11) is 0. The maximum absolute atomic E-state index is 12.6. The van der Waals surface area contributed by atoms with Gasteiger partial charge in [0.15, 0.2) is 0 Å². The molecule has 2 aromatic heterocycles.